The molecule has 4 heterocycles. The van der Waals surface area contributed by atoms with Gasteiger partial charge in [-0.1, -0.05) is 0 Å². The highest BCUT2D eigenvalue weighted by Crippen LogP contribution is 2.34. The smallest absolute Gasteiger partial charge is 0.266 e. The molecule has 0 aliphatic carbocycles. The summed E-state index contributed by atoms with van der Waals surface area (Å²) in [5, 5.41) is 12.8. The van der Waals surface area contributed by atoms with E-state index in [1.54, 1.807) is 12.1 Å². The summed E-state index contributed by atoms with van der Waals surface area (Å²) < 4.78 is 11.1. The molecule has 0 unspecified atom stereocenters. The molecule has 3 N–H and O–H groups in total. The Bertz CT molecular complexity index is 1160. The van der Waals surface area contributed by atoms with Crippen LogP contribution in [0.2, 0.25) is 0 Å². The summed E-state index contributed by atoms with van der Waals surface area (Å²) >= 11 is 1.35. The first-order valence-electron chi connectivity index (χ1n) is 9.79. The fourth-order valence-corrected chi connectivity index (χ4v) is 4.74. The highest BCUT2D eigenvalue weighted by Gasteiger charge is 2.30. The molecule has 1 fully saturated rings. The van der Waals surface area contributed by atoms with Gasteiger partial charge in [0.1, 0.15) is 11.1 Å². The highest BCUT2D eigenvalue weighted by atomic mass is 32.1. The third-order valence-corrected chi connectivity index (χ3v) is 6.59. The van der Waals surface area contributed by atoms with Gasteiger partial charge in [0.05, 0.1) is 11.8 Å². The van der Waals surface area contributed by atoms with Gasteiger partial charge in [-0.3, -0.25) is 9.59 Å². The summed E-state index contributed by atoms with van der Waals surface area (Å²) in [6.07, 6.45) is 2.65. The summed E-state index contributed by atoms with van der Waals surface area (Å²) in [6, 6.07) is 5.48. The number of aryl methyl sites for hydroxylation is 1. The van der Waals surface area contributed by atoms with Crippen molar-refractivity contribution in [3.8, 4) is 17.7 Å². The monoisotopic (exact) mass is 439 g/mol. The molecule has 1 saturated heterocycles. The molecule has 2 amide bonds. The zero-order valence-electron chi connectivity index (χ0n) is 17.1. The van der Waals surface area contributed by atoms with Gasteiger partial charge in [-0.25, -0.2) is 0 Å². The predicted octanol–water partition coefficient (Wildman–Crippen LogP) is 3.44. The quantitative estimate of drug-likeness (QED) is 0.621. The van der Waals surface area contributed by atoms with Crippen LogP contribution in [-0.2, 0) is 4.79 Å². The molecule has 1 aliphatic rings. The normalized spacial score (nSPS) is 14.4. The minimum atomic E-state index is -0.548. The van der Waals surface area contributed by atoms with Gasteiger partial charge in [-0.2, -0.15) is 10.2 Å². The van der Waals surface area contributed by atoms with E-state index >= 15 is 0 Å². The first-order chi connectivity index (χ1) is 14.9. The molecule has 0 radical (unpaired) electrons. The Morgan fingerprint density at radius 3 is 2.71 bits per heavy atom. The maximum Gasteiger partial charge on any atom is 0.266 e. The molecule has 0 saturated carbocycles. The lowest BCUT2D eigenvalue weighted by atomic mass is 9.96. The van der Waals surface area contributed by atoms with E-state index < -0.39 is 5.91 Å². The zero-order chi connectivity index (χ0) is 22.1. The van der Waals surface area contributed by atoms with Crippen LogP contribution in [0, 0.1) is 31.1 Å². The number of piperidine rings is 1. The highest BCUT2D eigenvalue weighted by molar-refractivity contribution is 7.16. The number of primary amides is 1. The third-order valence-electron chi connectivity index (χ3n) is 5.47. The number of carbonyl (C=O) groups excluding carboxylic acids is 2. The molecule has 9 nitrogen and oxygen atoms in total. The number of carbonyl (C=O) groups is 2. The molecule has 3 aromatic rings. The molecule has 4 rings (SSSR count). The fraction of sp³-hybridized carbons (Fsp3) is 0.333. The number of anilines is 2. The van der Waals surface area contributed by atoms with Crippen molar-refractivity contribution >= 4 is 34.0 Å². The Morgan fingerprint density at radius 1 is 1.35 bits per heavy atom. The topological polar surface area (TPSA) is 138 Å². The number of furan rings is 1. The Kier molecular flexibility index (Phi) is 5.52. The number of oxazole rings is 1. The van der Waals surface area contributed by atoms with Crippen LogP contribution in [0.5, 0.6) is 0 Å². The number of nitriles is 1. The van der Waals surface area contributed by atoms with Crippen LogP contribution in [0.1, 0.15) is 39.3 Å². The second-order valence-electron chi connectivity index (χ2n) is 7.36. The number of thiophene rings is 1. The van der Waals surface area contributed by atoms with E-state index in [-0.39, 0.29) is 23.4 Å². The second kappa shape index (κ2) is 8.28. The number of hydrogen-bond donors (Lipinski definition) is 2. The van der Waals surface area contributed by atoms with Crippen molar-refractivity contribution in [3.05, 3.63) is 40.1 Å². The number of aromatic nitrogens is 1. The van der Waals surface area contributed by atoms with Crippen molar-refractivity contribution in [2.24, 2.45) is 11.7 Å². The third kappa shape index (κ3) is 3.92. The summed E-state index contributed by atoms with van der Waals surface area (Å²) in [4.78, 5) is 31.7. The average Bonchev–Trinajstić information content (AvgIpc) is 3.47. The molecular formula is C21H21N5O4S. The second-order valence-corrected chi connectivity index (χ2v) is 8.59. The van der Waals surface area contributed by atoms with Crippen LogP contribution in [0.15, 0.2) is 27.2 Å². The Balaban J connectivity index is 1.44. The number of amides is 2. The van der Waals surface area contributed by atoms with Gasteiger partial charge in [0.25, 0.3) is 11.8 Å². The largest absolute Gasteiger partial charge is 0.459 e. The standard InChI is InChI=1S/C21H21N5O4S/c1-11-12(2)31-20(16(11)17(23)27)25-18(28)13-5-7-26(8-6-13)21-14(10-22)24-19(30-21)15-4-3-9-29-15/h3-4,9,13H,5-8H2,1-2H3,(H2,23,27)(H,25,28). The Labute approximate surface area is 182 Å². The first kappa shape index (κ1) is 20.7. The van der Waals surface area contributed by atoms with E-state index in [1.165, 1.54) is 17.6 Å². The predicted molar refractivity (Wildman–Crippen MR) is 115 cm³/mol. The van der Waals surface area contributed by atoms with Gasteiger partial charge in [0.2, 0.25) is 17.5 Å². The van der Waals surface area contributed by atoms with Crippen LogP contribution in [0.25, 0.3) is 11.7 Å². The molecule has 1 aliphatic heterocycles. The number of nitrogens with two attached hydrogens (primary N) is 1. The molecule has 0 atom stereocenters. The van der Waals surface area contributed by atoms with Crippen molar-refractivity contribution in [2.75, 3.05) is 23.3 Å². The first-order valence-corrected chi connectivity index (χ1v) is 10.6. The van der Waals surface area contributed by atoms with Gasteiger partial charge in [0, 0.05) is 23.9 Å². The molecule has 0 spiro atoms. The number of nitrogens with one attached hydrogen (secondary N) is 1. The summed E-state index contributed by atoms with van der Waals surface area (Å²) in [6.45, 7) is 4.78. The van der Waals surface area contributed by atoms with E-state index in [0.717, 1.165) is 10.4 Å². The molecule has 10 heteroatoms. The van der Waals surface area contributed by atoms with E-state index in [9.17, 15) is 14.9 Å². The number of hydrogen-bond acceptors (Lipinski definition) is 8. The maximum absolute atomic E-state index is 12.8. The number of rotatable bonds is 5. The van der Waals surface area contributed by atoms with E-state index in [2.05, 4.69) is 16.4 Å². The lowest BCUT2D eigenvalue weighted by Crippen LogP contribution is -2.38. The SMILES string of the molecule is Cc1sc(NC(=O)C2CCN(c3oc(-c4ccco4)nc3C#N)CC2)c(C(N)=O)c1C. The lowest BCUT2D eigenvalue weighted by molar-refractivity contribution is -0.120. The minimum absolute atomic E-state index is 0.141. The average molecular weight is 439 g/mol. The van der Waals surface area contributed by atoms with Gasteiger partial charge in [0.15, 0.2) is 5.76 Å². The van der Waals surface area contributed by atoms with E-state index in [0.29, 0.717) is 48.1 Å². The van der Waals surface area contributed by atoms with Crippen LogP contribution in [-0.4, -0.2) is 29.9 Å². The summed E-state index contributed by atoms with van der Waals surface area (Å²) in [7, 11) is 0. The summed E-state index contributed by atoms with van der Waals surface area (Å²) in [5.41, 5.74) is 6.85. The van der Waals surface area contributed by atoms with Gasteiger partial charge in [-0.05, 0) is 44.4 Å². The molecular weight excluding hydrogens is 418 g/mol. The Hall–Kier alpha value is -3.58. The lowest BCUT2D eigenvalue weighted by Gasteiger charge is -2.30. The van der Waals surface area contributed by atoms with Gasteiger partial charge >= 0.3 is 0 Å². The van der Waals surface area contributed by atoms with Crippen molar-refractivity contribution in [3.63, 3.8) is 0 Å². The Morgan fingerprint density at radius 2 is 2.10 bits per heavy atom. The zero-order valence-corrected chi connectivity index (χ0v) is 17.9. The van der Waals surface area contributed by atoms with Gasteiger partial charge in [-0.15, -0.1) is 11.3 Å². The maximum atomic E-state index is 12.8. The molecule has 3 aromatic heterocycles. The van der Waals surface area contributed by atoms with Crippen molar-refractivity contribution in [1.29, 1.82) is 5.26 Å². The van der Waals surface area contributed by atoms with Crippen LogP contribution >= 0.6 is 11.3 Å². The van der Waals surface area contributed by atoms with E-state index in [1.807, 2.05) is 18.7 Å². The van der Waals surface area contributed by atoms with Crippen LogP contribution in [0.3, 0.4) is 0 Å². The minimum Gasteiger partial charge on any atom is -0.459 e. The van der Waals surface area contributed by atoms with Crippen molar-refractivity contribution in [2.45, 2.75) is 26.7 Å². The van der Waals surface area contributed by atoms with Crippen LogP contribution in [0.4, 0.5) is 10.9 Å². The van der Waals surface area contributed by atoms with Crippen molar-refractivity contribution in [1.82, 2.24) is 4.98 Å². The molecule has 0 aromatic carbocycles. The molecule has 160 valence electrons. The number of nitrogens with zero attached hydrogens (tertiary/aromatic N) is 3. The van der Waals surface area contributed by atoms with Crippen LogP contribution < -0.4 is 16.0 Å². The molecule has 31 heavy (non-hydrogen) atoms. The molecule has 0 bridgehead atoms. The van der Waals surface area contributed by atoms with Crippen molar-refractivity contribution < 1.29 is 18.4 Å². The van der Waals surface area contributed by atoms with Gasteiger partial charge < -0.3 is 24.8 Å². The fourth-order valence-electron chi connectivity index (χ4n) is 3.68. The summed E-state index contributed by atoms with van der Waals surface area (Å²) in [5.74, 6) is 0.167. The van der Waals surface area contributed by atoms with E-state index in [4.69, 9.17) is 14.6 Å².